The van der Waals surface area contributed by atoms with E-state index in [0.29, 0.717) is 22.6 Å². The number of amides is 1. The molecule has 7 nitrogen and oxygen atoms in total. The van der Waals surface area contributed by atoms with Gasteiger partial charge in [0.05, 0.1) is 17.5 Å². The van der Waals surface area contributed by atoms with Gasteiger partial charge in [0.1, 0.15) is 11.9 Å². The van der Waals surface area contributed by atoms with E-state index in [4.69, 9.17) is 0 Å². The number of carbonyl (C=O) groups excluding carboxylic acids is 1. The van der Waals surface area contributed by atoms with Crippen molar-refractivity contribution < 1.29 is 15.0 Å². The molecule has 4 rings (SSSR count). The van der Waals surface area contributed by atoms with Crippen LogP contribution >= 0.6 is 0 Å². The van der Waals surface area contributed by atoms with Crippen LogP contribution in [0.25, 0.3) is 16.9 Å². The first-order valence-corrected chi connectivity index (χ1v) is 9.62. The number of rotatable bonds is 5. The van der Waals surface area contributed by atoms with Gasteiger partial charge in [-0.1, -0.05) is 42.5 Å². The van der Waals surface area contributed by atoms with E-state index in [1.807, 2.05) is 43.3 Å². The zero-order valence-corrected chi connectivity index (χ0v) is 16.6. The second-order valence-electron chi connectivity index (χ2n) is 7.21. The van der Waals surface area contributed by atoms with Crippen LogP contribution in [0.1, 0.15) is 34.6 Å². The Morgan fingerprint density at radius 2 is 1.73 bits per heavy atom. The third-order valence-corrected chi connectivity index (χ3v) is 4.83. The molecule has 30 heavy (non-hydrogen) atoms. The average molecular weight is 402 g/mol. The number of benzene rings is 2. The van der Waals surface area contributed by atoms with E-state index in [9.17, 15) is 15.0 Å². The highest BCUT2D eigenvalue weighted by Crippen LogP contribution is 2.24. The van der Waals surface area contributed by atoms with Gasteiger partial charge in [0.15, 0.2) is 5.65 Å². The summed E-state index contributed by atoms with van der Waals surface area (Å²) >= 11 is 0. The second kappa shape index (κ2) is 8.06. The highest BCUT2D eigenvalue weighted by atomic mass is 16.3. The predicted molar refractivity (Wildman–Crippen MR) is 114 cm³/mol. The highest BCUT2D eigenvalue weighted by Gasteiger charge is 2.16. The summed E-state index contributed by atoms with van der Waals surface area (Å²) in [5, 5.41) is 26.8. The van der Waals surface area contributed by atoms with Gasteiger partial charge in [0, 0.05) is 23.3 Å². The molecule has 3 N–H and O–H groups in total. The molecule has 2 aromatic carbocycles. The van der Waals surface area contributed by atoms with Gasteiger partial charge in [-0.2, -0.15) is 5.10 Å². The van der Waals surface area contributed by atoms with Crippen LogP contribution in [-0.2, 0) is 0 Å². The third kappa shape index (κ3) is 3.94. The van der Waals surface area contributed by atoms with E-state index < -0.39 is 12.2 Å². The van der Waals surface area contributed by atoms with Crippen molar-refractivity contribution in [2.75, 3.05) is 5.32 Å². The summed E-state index contributed by atoms with van der Waals surface area (Å²) in [5.74, 6) is 0.0968. The lowest BCUT2D eigenvalue weighted by Crippen LogP contribution is -2.16. The Morgan fingerprint density at radius 1 is 1.03 bits per heavy atom. The summed E-state index contributed by atoms with van der Waals surface area (Å²) in [4.78, 5) is 17.2. The van der Waals surface area contributed by atoms with Gasteiger partial charge in [-0.25, -0.2) is 9.50 Å². The van der Waals surface area contributed by atoms with Crippen LogP contribution in [-0.4, -0.2) is 36.8 Å². The molecule has 2 atom stereocenters. The largest absolute Gasteiger partial charge is 0.390 e. The van der Waals surface area contributed by atoms with Gasteiger partial charge < -0.3 is 15.5 Å². The number of aliphatic hydroxyl groups excluding tert-OH is 2. The van der Waals surface area contributed by atoms with Crippen LogP contribution in [0.3, 0.4) is 0 Å². The molecule has 0 saturated carbocycles. The van der Waals surface area contributed by atoms with Gasteiger partial charge >= 0.3 is 0 Å². The number of nitrogens with one attached hydrogen (secondary N) is 1. The lowest BCUT2D eigenvalue weighted by molar-refractivity contribution is 0.0305. The quantitative estimate of drug-likeness (QED) is 0.475. The first kappa shape index (κ1) is 19.8. The molecule has 7 heteroatoms. The zero-order valence-electron chi connectivity index (χ0n) is 16.6. The fraction of sp³-hybridized carbons (Fsp3) is 0.174. The minimum Gasteiger partial charge on any atom is -0.390 e. The summed E-state index contributed by atoms with van der Waals surface area (Å²) in [7, 11) is 0. The predicted octanol–water partition coefficient (Wildman–Crippen LogP) is 3.37. The molecule has 0 saturated heterocycles. The van der Waals surface area contributed by atoms with Crippen molar-refractivity contribution in [2.24, 2.45) is 0 Å². The van der Waals surface area contributed by atoms with Gasteiger partial charge in [-0.15, -0.1) is 0 Å². The number of carbonyl (C=O) groups is 1. The van der Waals surface area contributed by atoms with E-state index in [2.05, 4.69) is 15.4 Å². The lowest BCUT2D eigenvalue weighted by Gasteiger charge is -2.14. The Labute approximate surface area is 173 Å². The van der Waals surface area contributed by atoms with Crippen molar-refractivity contribution in [3.05, 3.63) is 83.6 Å². The molecule has 0 aliphatic rings. The number of aliphatic hydroxyl groups is 2. The standard InChI is InChI=1S/C23H22N4O3/c1-14-12-21-24-20(13-19(27(21)26-14)16-6-4-3-5-7-16)25-23(30)18-10-8-17(9-11-18)22(29)15(2)28/h3-13,15,22,28-29H,1-2H3,(H,24,25,30)/t15?,22-/m1/s1. The van der Waals surface area contributed by atoms with E-state index in [1.54, 1.807) is 34.8 Å². The molecule has 0 aliphatic heterocycles. The van der Waals surface area contributed by atoms with Crippen molar-refractivity contribution in [1.29, 1.82) is 0 Å². The highest BCUT2D eigenvalue weighted by molar-refractivity contribution is 6.04. The molecule has 1 amide bonds. The topological polar surface area (TPSA) is 99.8 Å². The Hall–Kier alpha value is -3.55. The van der Waals surface area contributed by atoms with Gasteiger partial charge in [0.2, 0.25) is 0 Å². The van der Waals surface area contributed by atoms with Crippen LogP contribution < -0.4 is 5.32 Å². The third-order valence-electron chi connectivity index (χ3n) is 4.83. The monoisotopic (exact) mass is 402 g/mol. The number of anilines is 1. The summed E-state index contributed by atoms with van der Waals surface area (Å²) in [6, 6.07) is 19.9. The molecule has 0 aliphatic carbocycles. The van der Waals surface area contributed by atoms with E-state index in [-0.39, 0.29) is 5.91 Å². The molecule has 1 unspecified atom stereocenters. The first-order chi connectivity index (χ1) is 14.4. The number of hydrogen-bond donors (Lipinski definition) is 3. The zero-order chi connectivity index (χ0) is 21.3. The van der Waals surface area contributed by atoms with Crippen LogP contribution in [0, 0.1) is 6.92 Å². The molecule has 2 heterocycles. The van der Waals surface area contributed by atoms with Crippen LogP contribution in [0.5, 0.6) is 0 Å². The molecule has 0 bridgehead atoms. The van der Waals surface area contributed by atoms with Gasteiger partial charge in [0.25, 0.3) is 5.91 Å². The van der Waals surface area contributed by atoms with Crippen LogP contribution in [0.2, 0.25) is 0 Å². The summed E-state index contributed by atoms with van der Waals surface area (Å²) in [5.41, 5.74) is 4.21. The SMILES string of the molecule is Cc1cc2nc(NC(=O)c3ccc([C@H](O)C(C)O)cc3)cc(-c3ccccc3)n2n1. The maximum Gasteiger partial charge on any atom is 0.256 e. The Bertz CT molecular complexity index is 1180. The van der Waals surface area contributed by atoms with Crippen molar-refractivity contribution in [3.63, 3.8) is 0 Å². The van der Waals surface area contributed by atoms with Crippen LogP contribution in [0.4, 0.5) is 5.82 Å². The van der Waals surface area contributed by atoms with Gasteiger partial charge in [-0.05, 0) is 31.5 Å². The number of nitrogens with zero attached hydrogens (tertiary/aromatic N) is 3. The Kier molecular flexibility index (Phi) is 5.31. The Morgan fingerprint density at radius 3 is 2.40 bits per heavy atom. The fourth-order valence-electron chi connectivity index (χ4n) is 3.27. The minimum absolute atomic E-state index is 0.319. The summed E-state index contributed by atoms with van der Waals surface area (Å²) in [6.07, 6.45) is -1.89. The maximum absolute atomic E-state index is 12.7. The number of aromatic nitrogens is 3. The molecule has 4 aromatic rings. The molecule has 0 fully saturated rings. The molecule has 152 valence electrons. The lowest BCUT2D eigenvalue weighted by atomic mass is 10.0. The molecule has 2 aromatic heterocycles. The normalized spacial score (nSPS) is 13.2. The first-order valence-electron chi connectivity index (χ1n) is 9.62. The maximum atomic E-state index is 12.7. The molecular formula is C23H22N4O3. The fourth-order valence-corrected chi connectivity index (χ4v) is 3.27. The summed E-state index contributed by atoms with van der Waals surface area (Å²) < 4.78 is 1.76. The minimum atomic E-state index is -0.996. The Balaban J connectivity index is 1.65. The van der Waals surface area contributed by atoms with Crippen molar-refractivity contribution in [1.82, 2.24) is 14.6 Å². The van der Waals surface area contributed by atoms with Crippen molar-refractivity contribution in [2.45, 2.75) is 26.1 Å². The van der Waals surface area contributed by atoms with E-state index in [1.165, 1.54) is 6.92 Å². The summed E-state index contributed by atoms with van der Waals surface area (Å²) in [6.45, 7) is 3.40. The second-order valence-corrected chi connectivity index (χ2v) is 7.21. The number of hydrogen-bond acceptors (Lipinski definition) is 5. The van der Waals surface area contributed by atoms with Crippen molar-refractivity contribution in [3.8, 4) is 11.3 Å². The molecule has 0 spiro atoms. The molecule has 0 radical (unpaired) electrons. The number of aryl methyl sites for hydroxylation is 1. The van der Waals surface area contributed by atoms with Crippen molar-refractivity contribution >= 4 is 17.4 Å². The smallest absolute Gasteiger partial charge is 0.256 e. The average Bonchev–Trinajstić information content (AvgIpc) is 3.13. The van der Waals surface area contributed by atoms with Crippen LogP contribution in [0.15, 0.2) is 66.7 Å². The molecular weight excluding hydrogens is 380 g/mol. The van der Waals surface area contributed by atoms with Gasteiger partial charge in [-0.3, -0.25) is 4.79 Å². The van der Waals surface area contributed by atoms with E-state index >= 15 is 0 Å². The number of fused-ring (bicyclic) bond motifs is 1. The van der Waals surface area contributed by atoms with E-state index in [0.717, 1.165) is 17.0 Å².